The van der Waals surface area contributed by atoms with E-state index >= 15 is 0 Å². The Bertz CT molecular complexity index is 572. The molecular formula is C14H21FN2O3S. The fourth-order valence-corrected chi connectivity index (χ4v) is 3.77. The maximum atomic E-state index is 13.2. The molecule has 2 rings (SSSR count). The van der Waals surface area contributed by atoms with Gasteiger partial charge >= 0.3 is 0 Å². The van der Waals surface area contributed by atoms with E-state index in [9.17, 15) is 17.9 Å². The van der Waals surface area contributed by atoms with E-state index in [1.165, 1.54) is 12.5 Å². The Labute approximate surface area is 124 Å². The average molecular weight is 316 g/mol. The molecule has 7 heteroatoms. The summed E-state index contributed by atoms with van der Waals surface area (Å²) in [4.78, 5) is 2.02. The van der Waals surface area contributed by atoms with Gasteiger partial charge in [0.15, 0.2) is 0 Å². The second-order valence-corrected chi connectivity index (χ2v) is 6.95. The van der Waals surface area contributed by atoms with E-state index in [0.717, 1.165) is 38.1 Å². The van der Waals surface area contributed by atoms with Gasteiger partial charge in [-0.2, -0.15) is 0 Å². The van der Waals surface area contributed by atoms with E-state index in [4.69, 9.17) is 0 Å². The van der Waals surface area contributed by atoms with E-state index in [0.29, 0.717) is 6.54 Å². The number of halogens is 1. The zero-order valence-corrected chi connectivity index (χ0v) is 12.7. The van der Waals surface area contributed by atoms with Gasteiger partial charge in [0.1, 0.15) is 5.82 Å². The number of piperidine rings is 1. The van der Waals surface area contributed by atoms with Crippen LogP contribution in [0.15, 0.2) is 23.1 Å². The average Bonchev–Trinajstić information content (AvgIpc) is 2.48. The molecule has 5 nitrogen and oxygen atoms in total. The molecule has 0 aromatic heterocycles. The summed E-state index contributed by atoms with van der Waals surface area (Å²) in [5.74, 6) is -0.636. The first kappa shape index (κ1) is 16.4. The number of sulfonamides is 1. The van der Waals surface area contributed by atoms with Crippen LogP contribution in [-0.2, 0) is 16.6 Å². The van der Waals surface area contributed by atoms with E-state index in [2.05, 4.69) is 9.62 Å². The summed E-state index contributed by atoms with van der Waals surface area (Å²) in [6.45, 7) is 2.46. The highest BCUT2D eigenvalue weighted by Gasteiger charge is 2.19. The minimum atomic E-state index is -3.80. The van der Waals surface area contributed by atoms with Crippen LogP contribution in [0.3, 0.4) is 0 Å². The lowest BCUT2D eigenvalue weighted by Crippen LogP contribution is -2.37. The summed E-state index contributed by atoms with van der Waals surface area (Å²) in [6.07, 6.45) is 3.52. The number of benzene rings is 1. The second kappa shape index (κ2) is 7.31. The van der Waals surface area contributed by atoms with Crippen LogP contribution in [-0.4, -0.2) is 44.6 Å². The van der Waals surface area contributed by atoms with Crippen LogP contribution in [0, 0.1) is 5.82 Å². The van der Waals surface area contributed by atoms with E-state index in [1.807, 2.05) is 0 Å². The van der Waals surface area contributed by atoms with Gasteiger partial charge in [-0.3, -0.25) is 0 Å². The number of nitrogens with zero attached hydrogens (tertiary/aromatic N) is 1. The third kappa shape index (κ3) is 4.47. The Kier molecular flexibility index (Phi) is 5.69. The fraction of sp³-hybridized carbons (Fsp3) is 0.571. The van der Waals surface area contributed by atoms with Gasteiger partial charge in [0.05, 0.1) is 11.5 Å². The number of likely N-dealkylation sites (tertiary alicyclic amines) is 1. The Balaban J connectivity index is 1.99. The number of aliphatic hydroxyl groups excluding tert-OH is 1. The van der Waals surface area contributed by atoms with Gasteiger partial charge in [-0.25, -0.2) is 17.5 Å². The minimum absolute atomic E-state index is 0.191. The van der Waals surface area contributed by atoms with Crippen molar-refractivity contribution < 1.29 is 17.9 Å². The molecule has 1 aliphatic heterocycles. The molecule has 1 aromatic rings. The summed E-state index contributed by atoms with van der Waals surface area (Å²) in [5, 5.41) is 9.18. The Morgan fingerprint density at radius 3 is 2.62 bits per heavy atom. The first-order valence-electron chi connectivity index (χ1n) is 7.14. The van der Waals surface area contributed by atoms with Crippen LogP contribution >= 0.6 is 0 Å². The van der Waals surface area contributed by atoms with E-state index < -0.39 is 22.4 Å². The van der Waals surface area contributed by atoms with Crippen molar-refractivity contribution in [3.63, 3.8) is 0 Å². The maximum absolute atomic E-state index is 13.2. The van der Waals surface area contributed by atoms with Crippen LogP contribution in [0.2, 0.25) is 0 Å². The van der Waals surface area contributed by atoms with Crippen molar-refractivity contribution in [3.05, 3.63) is 29.6 Å². The number of rotatable bonds is 6. The van der Waals surface area contributed by atoms with Crippen molar-refractivity contribution in [1.29, 1.82) is 0 Å². The molecule has 1 saturated heterocycles. The van der Waals surface area contributed by atoms with Gasteiger partial charge in [0, 0.05) is 13.1 Å². The van der Waals surface area contributed by atoms with Crippen molar-refractivity contribution in [2.75, 3.05) is 26.2 Å². The lowest BCUT2D eigenvalue weighted by molar-refractivity contribution is 0.232. The van der Waals surface area contributed by atoms with Gasteiger partial charge in [-0.15, -0.1) is 0 Å². The lowest BCUT2D eigenvalue weighted by atomic mass is 10.1. The maximum Gasteiger partial charge on any atom is 0.241 e. The van der Waals surface area contributed by atoms with Crippen molar-refractivity contribution >= 4 is 10.0 Å². The molecule has 0 atom stereocenters. The molecule has 0 spiro atoms. The first-order valence-corrected chi connectivity index (χ1v) is 8.62. The third-order valence-electron chi connectivity index (χ3n) is 3.66. The molecule has 1 aliphatic rings. The molecule has 0 bridgehead atoms. The highest BCUT2D eigenvalue weighted by atomic mass is 32.2. The van der Waals surface area contributed by atoms with Gasteiger partial charge in [0.25, 0.3) is 0 Å². The molecule has 0 radical (unpaired) electrons. The van der Waals surface area contributed by atoms with E-state index in [1.54, 1.807) is 0 Å². The normalized spacial score (nSPS) is 17.0. The Morgan fingerprint density at radius 1 is 1.24 bits per heavy atom. The summed E-state index contributed by atoms with van der Waals surface area (Å²) < 4.78 is 40.1. The lowest BCUT2D eigenvalue weighted by Gasteiger charge is -2.26. The van der Waals surface area contributed by atoms with Gasteiger partial charge < -0.3 is 10.0 Å². The first-order chi connectivity index (χ1) is 10.0. The molecule has 1 fully saturated rings. The van der Waals surface area contributed by atoms with Crippen LogP contribution < -0.4 is 4.72 Å². The molecule has 0 aliphatic carbocycles. The Morgan fingerprint density at radius 2 is 1.95 bits per heavy atom. The zero-order valence-electron chi connectivity index (χ0n) is 11.9. The van der Waals surface area contributed by atoms with Gasteiger partial charge in [-0.1, -0.05) is 12.5 Å². The topological polar surface area (TPSA) is 69.6 Å². The highest BCUT2D eigenvalue weighted by molar-refractivity contribution is 7.89. The van der Waals surface area contributed by atoms with Crippen molar-refractivity contribution in [1.82, 2.24) is 9.62 Å². The minimum Gasteiger partial charge on any atom is -0.392 e. The van der Waals surface area contributed by atoms with Crippen LogP contribution in [0.5, 0.6) is 0 Å². The fourth-order valence-electron chi connectivity index (χ4n) is 2.51. The summed E-state index contributed by atoms with van der Waals surface area (Å²) in [5.41, 5.74) is 0.196. The summed E-state index contributed by atoms with van der Waals surface area (Å²) in [6, 6.07) is 3.36. The largest absolute Gasteiger partial charge is 0.392 e. The summed E-state index contributed by atoms with van der Waals surface area (Å²) in [7, 11) is -3.80. The van der Waals surface area contributed by atoms with Crippen LogP contribution in [0.4, 0.5) is 4.39 Å². The SMILES string of the molecule is O=S(=O)(NCCN1CCCCC1)c1cc(F)ccc1CO. The number of nitrogens with one attached hydrogen (secondary N) is 1. The third-order valence-corrected chi connectivity index (χ3v) is 5.20. The zero-order chi connectivity index (χ0) is 15.3. The number of aliphatic hydroxyl groups is 1. The standard InChI is InChI=1S/C14H21FN2O3S/c15-13-5-4-12(11-18)14(10-13)21(19,20)16-6-9-17-7-2-1-3-8-17/h4-5,10,16,18H,1-3,6-9,11H2. The predicted molar refractivity (Wildman–Crippen MR) is 77.8 cm³/mol. The molecule has 2 N–H and O–H groups in total. The number of hydrogen-bond acceptors (Lipinski definition) is 4. The van der Waals surface area contributed by atoms with Gasteiger partial charge in [-0.05, 0) is 43.6 Å². The Hall–Kier alpha value is -1.02. The molecule has 0 amide bonds. The van der Waals surface area contributed by atoms with Crippen molar-refractivity contribution in [2.45, 2.75) is 30.8 Å². The molecule has 0 saturated carbocycles. The monoisotopic (exact) mass is 316 g/mol. The van der Waals surface area contributed by atoms with Crippen LogP contribution in [0.1, 0.15) is 24.8 Å². The molecule has 0 unspecified atom stereocenters. The molecule has 118 valence electrons. The van der Waals surface area contributed by atoms with Crippen molar-refractivity contribution in [2.24, 2.45) is 0 Å². The molecular weight excluding hydrogens is 295 g/mol. The molecule has 1 heterocycles. The van der Waals surface area contributed by atoms with E-state index in [-0.39, 0.29) is 17.0 Å². The van der Waals surface area contributed by atoms with Crippen molar-refractivity contribution in [3.8, 4) is 0 Å². The highest BCUT2D eigenvalue weighted by Crippen LogP contribution is 2.17. The quantitative estimate of drug-likeness (QED) is 0.824. The smallest absolute Gasteiger partial charge is 0.241 e. The summed E-state index contributed by atoms with van der Waals surface area (Å²) >= 11 is 0. The molecule has 1 aromatic carbocycles. The second-order valence-electron chi connectivity index (χ2n) is 5.21. The number of hydrogen-bond donors (Lipinski definition) is 2. The molecule has 21 heavy (non-hydrogen) atoms. The predicted octanol–water partition coefficient (Wildman–Crippen LogP) is 1.08. The van der Waals surface area contributed by atoms with Gasteiger partial charge in [0.2, 0.25) is 10.0 Å². The van der Waals surface area contributed by atoms with Crippen LogP contribution in [0.25, 0.3) is 0 Å².